The summed E-state index contributed by atoms with van der Waals surface area (Å²) in [6.07, 6.45) is 5.57. The molecule has 0 saturated heterocycles. The first kappa shape index (κ1) is 14.5. The second kappa shape index (κ2) is 7.01. The van der Waals surface area contributed by atoms with E-state index < -0.39 is 0 Å². The number of pyridine rings is 2. The highest BCUT2D eigenvalue weighted by Gasteiger charge is 2.04. The Morgan fingerprint density at radius 2 is 1.85 bits per heavy atom. The van der Waals surface area contributed by atoms with Gasteiger partial charge in [-0.05, 0) is 29.3 Å². The molecule has 106 valence electrons. The standard InChI is InChI=1S/C16H22N4/c1-13(2)18-10-15-4-5-16(19-11-15)20(3)12-14-6-8-17-9-7-14/h4-9,11,13,18H,10,12H2,1-3H3. The molecule has 2 heterocycles. The van der Waals surface area contributed by atoms with Crippen LogP contribution < -0.4 is 10.2 Å². The Bertz CT molecular complexity index is 508. The van der Waals surface area contributed by atoms with Gasteiger partial charge in [-0.15, -0.1) is 0 Å². The van der Waals surface area contributed by atoms with Crippen LogP contribution in [0.4, 0.5) is 5.82 Å². The van der Waals surface area contributed by atoms with E-state index in [1.807, 2.05) is 30.7 Å². The fraction of sp³-hybridized carbons (Fsp3) is 0.375. The smallest absolute Gasteiger partial charge is 0.128 e. The summed E-state index contributed by atoms with van der Waals surface area (Å²) >= 11 is 0. The van der Waals surface area contributed by atoms with Gasteiger partial charge in [0.2, 0.25) is 0 Å². The molecule has 0 fully saturated rings. The Morgan fingerprint density at radius 3 is 2.45 bits per heavy atom. The van der Waals surface area contributed by atoms with Crippen LogP contribution in [0.15, 0.2) is 42.9 Å². The van der Waals surface area contributed by atoms with Crippen LogP contribution in [0.5, 0.6) is 0 Å². The number of aromatic nitrogens is 2. The second-order valence-electron chi connectivity index (χ2n) is 5.27. The van der Waals surface area contributed by atoms with Gasteiger partial charge in [-0.1, -0.05) is 19.9 Å². The van der Waals surface area contributed by atoms with E-state index in [9.17, 15) is 0 Å². The van der Waals surface area contributed by atoms with Gasteiger partial charge in [-0.25, -0.2) is 4.98 Å². The third-order valence-electron chi connectivity index (χ3n) is 3.08. The summed E-state index contributed by atoms with van der Waals surface area (Å²) in [5.41, 5.74) is 2.44. The second-order valence-corrected chi connectivity index (χ2v) is 5.27. The normalized spacial score (nSPS) is 10.8. The van der Waals surface area contributed by atoms with Crippen LogP contribution in [-0.4, -0.2) is 23.1 Å². The predicted molar refractivity (Wildman–Crippen MR) is 82.6 cm³/mol. The monoisotopic (exact) mass is 270 g/mol. The van der Waals surface area contributed by atoms with Crippen molar-refractivity contribution < 1.29 is 0 Å². The van der Waals surface area contributed by atoms with Crippen LogP contribution in [0.3, 0.4) is 0 Å². The van der Waals surface area contributed by atoms with Crippen molar-refractivity contribution in [3.63, 3.8) is 0 Å². The van der Waals surface area contributed by atoms with Gasteiger partial charge in [0.25, 0.3) is 0 Å². The van der Waals surface area contributed by atoms with E-state index in [4.69, 9.17) is 0 Å². The lowest BCUT2D eigenvalue weighted by Crippen LogP contribution is -2.22. The van der Waals surface area contributed by atoms with E-state index in [-0.39, 0.29) is 0 Å². The highest BCUT2D eigenvalue weighted by atomic mass is 15.2. The minimum absolute atomic E-state index is 0.490. The molecule has 2 aromatic rings. The van der Waals surface area contributed by atoms with Crippen LogP contribution in [-0.2, 0) is 13.1 Å². The zero-order chi connectivity index (χ0) is 14.4. The zero-order valence-corrected chi connectivity index (χ0v) is 12.4. The minimum atomic E-state index is 0.490. The molecule has 2 rings (SSSR count). The molecule has 4 nitrogen and oxygen atoms in total. The highest BCUT2D eigenvalue weighted by molar-refractivity contribution is 5.39. The lowest BCUT2D eigenvalue weighted by Gasteiger charge is -2.18. The number of hydrogen-bond donors (Lipinski definition) is 1. The van der Waals surface area contributed by atoms with Gasteiger partial charge >= 0.3 is 0 Å². The van der Waals surface area contributed by atoms with Crippen molar-refractivity contribution in [3.8, 4) is 0 Å². The van der Waals surface area contributed by atoms with E-state index in [2.05, 4.69) is 53.2 Å². The molecule has 0 radical (unpaired) electrons. The molecule has 0 unspecified atom stereocenters. The molecular formula is C16H22N4. The fourth-order valence-corrected chi connectivity index (χ4v) is 1.91. The summed E-state index contributed by atoms with van der Waals surface area (Å²) < 4.78 is 0. The molecule has 1 N–H and O–H groups in total. The molecule has 0 aliphatic heterocycles. The van der Waals surface area contributed by atoms with Gasteiger partial charge in [0.1, 0.15) is 5.82 Å². The summed E-state index contributed by atoms with van der Waals surface area (Å²) in [5, 5.41) is 3.39. The molecular weight excluding hydrogens is 248 g/mol. The number of nitrogens with one attached hydrogen (secondary N) is 1. The van der Waals surface area contributed by atoms with Gasteiger partial charge in [0.15, 0.2) is 0 Å². The third-order valence-corrected chi connectivity index (χ3v) is 3.08. The molecule has 0 amide bonds. The summed E-state index contributed by atoms with van der Waals surface area (Å²) in [6.45, 7) is 5.98. The van der Waals surface area contributed by atoms with Crippen LogP contribution in [0.1, 0.15) is 25.0 Å². The number of rotatable bonds is 6. The van der Waals surface area contributed by atoms with E-state index in [0.717, 1.165) is 18.9 Å². The maximum absolute atomic E-state index is 4.52. The van der Waals surface area contributed by atoms with Crippen LogP contribution in [0.25, 0.3) is 0 Å². The van der Waals surface area contributed by atoms with Crippen molar-refractivity contribution in [2.24, 2.45) is 0 Å². The molecule has 4 heteroatoms. The van der Waals surface area contributed by atoms with Gasteiger partial charge in [-0.2, -0.15) is 0 Å². The van der Waals surface area contributed by atoms with E-state index in [1.54, 1.807) is 0 Å². The van der Waals surface area contributed by atoms with Crippen molar-refractivity contribution in [3.05, 3.63) is 54.0 Å². The first-order valence-corrected chi connectivity index (χ1v) is 6.93. The number of hydrogen-bond acceptors (Lipinski definition) is 4. The minimum Gasteiger partial charge on any atom is -0.355 e. The van der Waals surface area contributed by atoms with E-state index in [0.29, 0.717) is 6.04 Å². The lowest BCUT2D eigenvalue weighted by molar-refractivity contribution is 0.588. The maximum Gasteiger partial charge on any atom is 0.128 e. The number of nitrogens with zero attached hydrogens (tertiary/aromatic N) is 3. The Hall–Kier alpha value is -1.94. The first-order valence-electron chi connectivity index (χ1n) is 6.93. The van der Waals surface area contributed by atoms with Crippen LogP contribution in [0.2, 0.25) is 0 Å². The SMILES string of the molecule is CC(C)NCc1ccc(N(C)Cc2ccncc2)nc1. The fourth-order valence-electron chi connectivity index (χ4n) is 1.91. The van der Waals surface area contributed by atoms with Crippen molar-refractivity contribution in [2.75, 3.05) is 11.9 Å². The summed E-state index contributed by atoms with van der Waals surface area (Å²) in [5.74, 6) is 0.982. The molecule has 2 aromatic heterocycles. The Balaban J connectivity index is 1.95. The lowest BCUT2D eigenvalue weighted by atomic mass is 10.2. The molecule has 0 saturated carbocycles. The largest absolute Gasteiger partial charge is 0.355 e. The van der Waals surface area contributed by atoms with Crippen molar-refractivity contribution in [1.29, 1.82) is 0 Å². The molecule has 0 spiro atoms. The van der Waals surface area contributed by atoms with Crippen molar-refractivity contribution in [1.82, 2.24) is 15.3 Å². The van der Waals surface area contributed by atoms with Crippen LogP contribution >= 0.6 is 0 Å². The predicted octanol–water partition coefficient (Wildman–Crippen LogP) is 2.61. The number of anilines is 1. The quantitative estimate of drug-likeness (QED) is 0.876. The Kier molecular flexibility index (Phi) is 5.07. The highest BCUT2D eigenvalue weighted by Crippen LogP contribution is 2.12. The maximum atomic E-state index is 4.52. The zero-order valence-electron chi connectivity index (χ0n) is 12.4. The van der Waals surface area contributed by atoms with Crippen LogP contribution in [0, 0.1) is 0 Å². The molecule has 0 aliphatic carbocycles. The molecule has 20 heavy (non-hydrogen) atoms. The average molecular weight is 270 g/mol. The summed E-state index contributed by atoms with van der Waals surface area (Å²) in [7, 11) is 2.05. The van der Waals surface area contributed by atoms with Crippen molar-refractivity contribution >= 4 is 5.82 Å². The van der Waals surface area contributed by atoms with E-state index >= 15 is 0 Å². The Labute approximate surface area is 120 Å². The van der Waals surface area contributed by atoms with Gasteiger partial charge < -0.3 is 10.2 Å². The molecule has 0 aliphatic rings. The van der Waals surface area contributed by atoms with Gasteiger partial charge in [0, 0.05) is 44.8 Å². The van der Waals surface area contributed by atoms with Gasteiger partial charge in [-0.3, -0.25) is 4.98 Å². The molecule has 0 atom stereocenters. The Morgan fingerprint density at radius 1 is 1.10 bits per heavy atom. The van der Waals surface area contributed by atoms with Gasteiger partial charge in [0.05, 0.1) is 0 Å². The van der Waals surface area contributed by atoms with Crippen molar-refractivity contribution in [2.45, 2.75) is 33.0 Å². The summed E-state index contributed by atoms with van der Waals surface area (Å²) in [4.78, 5) is 10.7. The topological polar surface area (TPSA) is 41.0 Å². The average Bonchev–Trinajstić information content (AvgIpc) is 2.46. The first-order chi connectivity index (χ1) is 9.65. The van der Waals surface area contributed by atoms with E-state index in [1.165, 1.54) is 11.1 Å². The summed E-state index contributed by atoms with van der Waals surface area (Å²) in [6, 6.07) is 8.73. The molecule has 0 aromatic carbocycles. The third kappa shape index (κ3) is 4.31. The molecule has 0 bridgehead atoms.